The van der Waals surface area contributed by atoms with Gasteiger partial charge in [0, 0.05) is 11.9 Å². The van der Waals surface area contributed by atoms with E-state index in [1.54, 1.807) is 0 Å². The molecule has 7 heteroatoms. The van der Waals surface area contributed by atoms with Crippen LogP contribution in [0.1, 0.15) is 226 Å². The Balaban J connectivity index is -0.000000327. The predicted octanol–water partition coefficient (Wildman–Crippen LogP) is 8.97. The number of unbranched alkanes of at least 4 members (excludes halogenated alkanes) is 28. The predicted molar refractivity (Wildman–Crippen MR) is 194 cm³/mol. The fourth-order valence-corrected chi connectivity index (χ4v) is 5.28. The molecule has 1 atom stereocenters. The number of carboxylic acids is 2. The van der Waals surface area contributed by atoms with E-state index in [-0.39, 0.29) is 42.5 Å². The Hall–Kier alpha value is -0.374. The topological polar surface area (TPSA) is 121 Å². The summed E-state index contributed by atoms with van der Waals surface area (Å²) in [6.07, 6.45) is 39.2. The van der Waals surface area contributed by atoms with E-state index >= 15 is 0 Å². The Morgan fingerprint density at radius 1 is 0.435 bits per heavy atom. The van der Waals surface area contributed by atoms with E-state index in [9.17, 15) is 19.8 Å². The van der Waals surface area contributed by atoms with Crippen LogP contribution in [0.3, 0.4) is 0 Å². The third-order valence-corrected chi connectivity index (χ3v) is 8.23. The van der Waals surface area contributed by atoms with Crippen LogP contribution in [-0.4, -0.2) is 57.9 Å². The molecule has 0 rings (SSSR count). The van der Waals surface area contributed by atoms with Crippen molar-refractivity contribution in [1.29, 1.82) is 0 Å². The van der Waals surface area contributed by atoms with Gasteiger partial charge in [0.15, 0.2) is 0 Å². The Kier molecular flexibility index (Phi) is 55.9. The summed E-state index contributed by atoms with van der Waals surface area (Å²) in [7, 11) is 0. The molecule has 0 heterocycles. The van der Waals surface area contributed by atoms with E-state index < -0.39 is 18.0 Å². The molecule has 46 heavy (non-hydrogen) atoms. The number of rotatable bonds is 33. The molecule has 0 fully saturated rings. The third-order valence-electron chi connectivity index (χ3n) is 8.23. The maximum Gasteiger partial charge on any atom is 2.00 e. The second-order valence-corrected chi connectivity index (χ2v) is 13.2. The number of aliphatic carboxylic acids is 2. The Bertz CT molecular complexity index is 515. The molecular weight excluding hydrogens is 589 g/mol. The van der Waals surface area contributed by atoms with Crippen LogP contribution in [0.5, 0.6) is 0 Å². The van der Waals surface area contributed by atoms with Crippen LogP contribution in [-0.2, 0) is 9.59 Å². The van der Waals surface area contributed by atoms with E-state index in [1.165, 1.54) is 174 Å². The van der Waals surface area contributed by atoms with Crippen molar-refractivity contribution in [2.45, 2.75) is 232 Å². The van der Waals surface area contributed by atoms with Crippen molar-refractivity contribution in [3.8, 4) is 0 Å². The first-order valence-electron chi connectivity index (χ1n) is 19.5. The quantitative estimate of drug-likeness (QED) is 0.0533. The van der Waals surface area contributed by atoms with Gasteiger partial charge in [0.2, 0.25) is 0 Å². The minimum Gasteiger partial charge on any atom is -0.550 e. The van der Waals surface area contributed by atoms with Gasteiger partial charge in [0.1, 0.15) is 0 Å². The van der Waals surface area contributed by atoms with Gasteiger partial charge in [-0.3, -0.25) is 0 Å². The molecular formula is C39H78MgO6. The van der Waals surface area contributed by atoms with Crippen molar-refractivity contribution in [1.82, 2.24) is 0 Å². The first kappa shape index (κ1) is 52.4. The van der Waals surface area contributed by atoms with Gasteiger partial charge in [0.25, 0.3) is 0 Å². The number of carboxylic acid groups (broad SMARTS) is 2. The molecule has 0 saturated carbocycles. The molecule has 0 bridgehead atoms. The third kappa shape index (κ3) is 62.5. The first-order valence-corrected chi connectivity index (χ1v) is 19.5. The summed E-state index contributed by atoms with van der Waals surface area (Å²) in [6.45, 7) is 5.92. The minimum absolute atomic E-state index is 0. The smallest absolute Gasteiger partial charge is 0.550 e. The largest absolute Gasteiger partial charge is 2.00 e. The van der Waals surface area contributed by atoms with E-state index in [2.05, 4.69) is 13.8 Å². The van der Waals surface area contributed by atoms with Crippen LogP contribution in [0.15, 0.2) is 0 Å². The van der Waals surface area contributed by atoms with Crippen LogP contribution in [0.2, 0.25) is 0 Å². The zero-order chi connectivity index (χ0) is 34.1. The molecule has 0 aliphatic rings. The van der Waals surface area contributed by atoms with Gasteiger partial charge in [-0.1, -0.05) is 194 Å². The van der Waals surface area contributed by atoms with Crippen molar-refractivity contribution in [3.05, 3.63) is 0 Å². The Morgan fingerprint density at radius 2 is 0.587 bits per heavy atom. The van der Waals surface area contributed by atoms with Crippen molar-refractivity contribution >= 4 is 35.0 Å². The van der Waals surface area contributed by atoms with Gasteiger partial charge in [-0.05, 0) is 32.6 Å². The van der Waals surface area contributed by atoms with Gasteiger partial charge < -0.3 is 30.0 Å². The minimum atomic E-state index is -0.903. The molecule has 0 spiro atoms. The van der Waals surface area contributed by atoms with Crippen LogP contribution in [0.25, 0.3) is 0 Å². The zero-order valence-electron chi connectivity index (χ0n) is 31.1. The van der Waals surface area contributed by atoms with Crippen molar-refractivity contribution in [2.24, 2.45) is 0 Å². The first-order chi connectivity index (χ1) is 21.8. The number of hydrogen-bond acceptors (Lipinski definition) is 6. The molecule has 6 nitrogen and oxygen atoms in total. The molecule has 2 N–H and O–H groups in total. The summed E-state index contributed by atoms with van der Waals surface area (Å²) >= 11 is 0. The van der Waals surface area contributed by atoms with Gasteiger partial charge in [-0.15, -0.1) is 0 Å². The Morgan fingerprint density at radius 3 is 0.717 bits per heavy atom. The molecule has 272 valence electrons. The molecule has 0 aromatic heterocycles. The standard InChI is InChI=1S/2C18H36O2.C3H8O2.Mg/c2*1-2-3-4-5-6-7-8-9-10-11-12-13-14-15-16-17-18(19)20;1-3(5)2-4;/h2*2-17H2,1H3,(H,19,20);3-5H,2H2,1H3;/q;;;+2/p-2. The van der Waals surface area contributed by atoms with Gasteiger partial charge >= 0.3 is 23.1 Å². The van der Waals surface area contributed by atoms with Crippen LogP contribution in [0, 0.1) is 0 Å². The molecule has 0 aliphatic heterocycles. The number of carbonyl (C=O) groups is 2. The molecule has 0 aromatic carbocycles. The second kappa shape index (κ2) is 49.0. The van der Waals surface area contributed by atoms with Crippen LogP contribution < -0.4 is 10.2 Å². The SMILES string of the molecule is CC(O)CO.CCCCCCCCCCCCCCCCCC(=O)[O-].CCCCCCCCCCCCCCCCCC(=O)[O-].[Mg+2]. The summed E-state index contributed by atoms with van der Waals surface area (Å²) in [4.78, 5) is 20.4. The van der Waals surface area contributed by atoms with Crippen molar-refractivity contribution < 1.29 is 30.0 Å². The average Bonchev–Trinajstić information content (AvgIpc) is 3.01. The molecule has 0 aliphatic carbocycles. The van der Waals surface area contributed by atoms with E-state index in [0.717, 1.165) is 25.7 Å². The van der Waals surface area contributed by atoms with E-state index in [0.29, 0.717) is 0 Å². The monoisotopic (exact) mass is 667 g/mol. The number of aliphatic hydroxyl groups excluding tert-OH is 2. The fourth-order valence-electron chi connectivity index (χ4n) is 5.28. The summed E-state index contributed by atoms with van der Waals surface area (Å²) in [6, 6.07) is 0. The van der Waals surface area contributed by atoms with Crippen molar-refractivity contribution in [2.75, 3.05) is 6.61 Å². The average molecular weight is 667 g/mol. The summed E-state index contributed by atoms with van der Waals surface area (Å²) in [5.74, 6) is -1.81. The zero-order valence-corrected chi connectivity index (χ0v) is 32.6. The maximum atomic E-state index is 10.2. The van der Waals surface area contributed by atoms with Gasteiger partial charge in [0.05, 0.1) is 12.7 Å². The van der Waals surface area contributed by atoms with Crippen LogP contribution in [0.4, 0.5) is 0 Å². The van der Waals surface area contributed by atoms with E-state index in [1.807, 2.05) is 0 Å². The van der Waals surface area contributed by atoms with Crippen LogP contribution >= 0.6 is 0 Å². The molecule has 0 aromatic rings. The summed E-state index contributed by atoms with van der Waals surface area (Å²) in [5.41, 5.74) is 0. The van der Waals surface area contributed by atoms with Gasteiger partial charge in [-0.2, -0.15) is 0 Å². The second-order valence-electron chi connectivity index (χ2n) is 13.2. The van der Waals surface area contributed by atoms with Crippen molar-refractivity contribution in [3.63, 3.8) is 0 Å². The molecule has 0 saturated heterocycles. The van der Waals surface area contributed by atoms with E-state index in [4.69, 9.17) is 10.2 Å². The summed E-state index contributed by atoms with van der Waals surface area (Å²) < 4.78 is 0. The summed E-state index contributed by atoms with van der Waals surface area (Å²) in [5, 5.41) is 36.4. The normalized spacial score (nSPS) is 11.1. The number of aliphatic hydroxyl groups is 2. The fraction of sp³-hybridized carbons (Fsp3) is 0.949. The maximum absolute atomic E-state index is 10.2. The Labute approximate surface area is 302 Å². The number of hydrogen-bond donors (Lipinski definition) is 2. The molecule has 0 radical (unpaired) electrons. The number of carbonyl (C=O) groups excluding carboxylic acids is 2. The molecule has 0 amide bonds. The molecule has 1 unspecified atom stereocenters. The van der Waals surface area contributed by atoms with Gasteiger partial charge in [-0.25, -0.2) is 0 Å².